The Morgan fingerprint density at radius 1 is 1.26 bits per heavy atom. The molecule has 1 amide bonds. The molecule has 1 aromatic rings. The summed E-state index contributed by atoms with van der Waals surface area (Å²) in [7, 11) is 3.73. The van der Waals surface area contributed by atoms with Crippen LogP contribution < -0.4 is 10.2 Å². The average molecular weight is 262 g/mol. The van der Waals surface area contributed by atoms with Crippen molar-refractivity contribution in [2.75, 3.05) is 25.5 Å². The highest BCUT2D eigenvalue weighted by atomic mass is 16.2. The average Bonchev–Trinajstić information content (AvgIpc) is 2.43. The van der Waals surface area contributed by atoms with Gasteiger partial charge in [-0.05, 0) is 37.1 Å². The largest absolute Gasteiger partial charge is 0.319 e. The third kappa shape index (κ3) is 4.06. The maximum Gasteiger partial charge on any atom is 0.231 e. The van der Waals surface area contributed by atoms with Gasteiger partial charge in [-0.3, -0.25) is 4.79 Å². The summed E-state index contributed by atoms with van der Waals surface area (Å²) in [6, 6.07) is 8.25. The second-order valence-corrected chi connectivity index (χ2v) is 5.31. The molecule has 3 nitrogen and oxygen atoms in total. The fourth-order valence-corrected chi connectivity index (χ4v) is 2.14. The van der Waals surface area contributed by atoms with Gasteiger partial charge in [-0.15, -0.1) is 0 Å². The highest BCUT2D eigenvalue weighted by Gasteiger charge is 2.20. The number of anilines is 1. The zero-order valence-corrected chi connectivity index (χ0v) is 12.7. The van der Waals surface area contributed by atoms with Crippen LogP contribution in [0.3, 0.4) is 0 Å². The van der Waals surface area contributed by atoms with E-state index in [2.05, 4.69) is 38.2 Å². The number of hydrogen-bond acceptors (Lipinski definition) is 2. The maximum absolute atomic E-state index is 12.4. The molecule has 0 bridgehead atoms. The molecular formula is C16H26N2O. The summed E-state index contributed by atoms with van der Waals surface area (Å²) in [6.07, 6.45) is 0.855. The van der Waals surface area contributed by atoms with Crippen LogP contribution in [0.25, 0.3) is 0 Å². The number of hydrogen-bond donors (Lipinski definition) is 1. The molecule has 1 atom stereocenters. The van der Waals surface area contributed by atoms with Crippen LogP contribution in [0.5, 0.6) is 0 Å². The van der Waals surface area contributed by atoms with Gasteiger partial charge in [-0.2, -0.15) is 0 Å². The lowest BCUT2D eigenvalue weighted by Crippen LogP contribution is -2.37. The zero-order chi connectivity index (χ0) is 14.4. The van der Waals surface area contributed by atoms with Crippen molar-refractivity contribution in [2.45, 2.75) is 33.1 Å². The molecule has 0 saturated carbocycles. The molecule has 19 heavy (non-hydrogen) atoms. The van der Waals surface area contributed by atoms with Crippen molar-refractivity contribution in [3.63, 3.8) is 0 Å². The Morgan fingerprint density at radius 3 is 2.26 bits per heavy atom. The van der Waals surface area contributed by atoms with E-state index in [0.29, 0.717) is 5.92 Å². The van der Waals surface area contributed by atoms with Crippen LogP contribution in [0.1, 0.15) is 38.7 Å². The van der Waals surface area contributed by atoms with E-state index in [1.807, 2.05) is 26.2 Å². The predicted octanol–water partition coefficient (Wildman–Crippen LogP) is 3.02. The molecule has 106 valence electrons. The van der Waals surface area contributed by atoms with Crippen LogP contribution in [0.15, 0.2) is 24.3 Å². The number of carbonyl (C=O) groups excluding carboxylic acids is 1. The fourth-order valence-electron chi connectivity index (χ4n) is 2.14. The van der Waals surface area contributed by atoms with Gasteiger partial charge in [0.05, 0.1) is 5.92 Å². The third-order valence-corrected chi connectivity index (χ3v) is 3.57. The Hall–Kier alpha value is -1.35. The van der Waals surface area contributed by atoms with Crippen LogP contribution >= 0.6 is 0 Å². The van der Waals surface area contributed by atoms with Crippen molar-refractivity contribution < 1.29 is 4.79 Å². The van der Waals surface area contributed by atoms with Gasteiger partial charge in [0.1, 0.15) is 0 Å². The van der Waals surface area contributed by atoms with Crippen molar-refractivity contribution in [1.29, 1.82) is 0 Å². The van der Waals surface area contributed by atoms with Gasteiger partial charge >= 0.3 is 0 Å². The molecule has 0 saturated heterocycles. The molecule has 1 rings (SSSR count). The minimum Gasteiger partial charge on any atom is -0.319 e. The van der Waals surface area contributed by atoms with Crippen molar-refractivity contribution in [3.05, 3.63) is 29.8 Å². The van der Waals surface area contributed by atoms with Crippen LogP contribution in [0.2, 0.25) is 0 Å². The quantitative estimate of drug-likeness (QED) is 0.854. The first-order valence-electron chi connectivity index (χ1n) is 7.03. The molecule has 0 aromatic heterocycles. The van der Waals surface area contributed by atoms with E-state index in [1.165, 1.54) is 5.56 Å². The van der Waals surface area contributed by atoms with E-state index in [1.54, 1.807) is 4.90 Å². The molecule has 1 unspecified atom stereocenters. The lowest BCUT2D eigenvalue weighted by molar-refractivity contribution is -0.122. The topological polar surface area (TPSA) is 32.3 Å². The van der Waals surface area contributed by atoms with Crippen molar-refractivity contribution in [2.24, 2.45) is 5.92 Å². The lowest BCUT2D eigenvalue weighted by atomic mass is 10.0. The van der Waals surface area contributed by atoms with Gasteiger partial charge in [0, 0.05) is 19.3 Å². The van der Waals surface area contributed by atoms with Gasteiger partial charge in [0.2, 0.25) is 5.91 Å². The van der Waals surface area contributed by atoms with E-state index in [0.717, 1.165) is 18.7 Å². The zero-order valence-electron chi connectivity index (χ0n) is 12.7. The molecule has 0 fully saturated rings. The number of benzene rings is 1. The molecule has 0 heterocycles. The smallest absolute Gasteiger partial charge is 0.231 e. The number of amides is 1. The van der Waals surface area contributed by atoms with Gasteiger partial charge in [0.15, 0.2) is 0 Å². The minimum atomic E-state index is 0.0415. The molecule has 0 aliphatic carbocycles. The molecule has 0 spiro atoms. The van der Waals surface area contributed by atoms with E-state index in [4.69, 9.17) is 0 Å². The Bertz CT molecular complexity index is 398. The summed E-state index contributed by atoms with van der Waals surface area (Å²) >= 11 is 0. The Kier molecular flexibility index (Phi) is 6.03. The standard InChI is InChI=1S/C16H26N2O/c1-6-13(11-17-4)16(19)18(5)15-9-7-14(8-10-15)12(2)3/h7-10,12-13,17H,6,11H2,1-5H3. The van der Waals surface area contributed by atoms with Crippen molar-refractivity contribution in [1.82, 2.24) is 5.32 Å². The van der Waals surface area contributed by atoms with Crippen LogP contribution in [0, 0.1) is 5.92 Å². The molecule has 0 radical (unpaired) electrons. The summed E-state index contributed by atoms with van der Waals surface area (Å²) < 4.78 is 0. The normalized spacial score (nSPS) is 12.5. The van der Waals surface area contributed by atoms with E-state index < -0.39 is 0 Å². The molecule has 1 aromatic carbocycles. The van der Waals surface area contributed by atoms with Crippen LogP contribution in [-0.2, 0) is 4.79 Å². The highest BCUT2D eigenvalue weighted by molar-refractivity contribution is 5.94. The second kappa shape index (κ2) is 7.29. The first kappa shape index (κ1) is 15.7. The number of nitrogens with one attached hydrogen (secondary N) is 1. The fraction of sp³-hybridized carbons (Fsp3) is 0.562. The van der Waals surface area contributed by atoms with Crippen LogP contribution in [0.4, 0.5) is 5.69 Å². The monoisotopic (exact) mass is 262 g/mol. The summed E-state index contributed by atoms with van der Waals surface area (Å²) in [5, 5.41) is 3.08. The maximum atomic E-state index is 12.4. The first-order valence-corrected chi connectivity index (χ1v) is 7.03. The number of nitrogens with zero attached hydrogens (tertiary/aromatic N) is 1. The van der Waals surface area contributed by atoms with Crippen LogP contribution in [-0.4, -0.2) is 26.5 Å². The molecule has 3 heteroatoms. The van der Waals surface area contributed by atoms with E-state index in [9.17, 15) is 4.79 Å². The van der Waals surface area contributed by atoms with Gasteiger partial charge in [-0.25, -0.2) is 0 Å². The molecule has 0 aliphatic heterocycles. The highest BCUT2D eigenvalue weighted by Crippen LogP contribution is 2.21. The second-order valence-electron chi connectivity index (χ2n) is 5.31. The van der Waals surface area contributed by atoms with Gasteiger partial charge < -0.3 is 10.2 Å². The number of carbonyl (C=O) groups is 1. The molecule has 1 N–H and O–H groups in total. The minimum absolute atomic E-state index is 0.0415. The Morgan fingerprint density at radius 2 is 1.84 bits per heavy atom. The SMILES string of the molecule is CCC(CNC)C(=O)N(C)c1ccc(C(C)C)cc1. The number of rotatable bonds is 6. The van der Waals surface area contributed by atoms with Gasteiger partial charge in [-0.1, -0.05) is 32.9 Å². The van der Waals surface area contributed by atoms with E-state index >= 15 is 0 Å². The Labute approximate surface area is 117 Å². The van der Waals surface area contributed by atoms with Crippen molar-refractivity contribution in [3.8, 4) is 0 Å². The third-order valence-electron chi connectivity index (χ3n) is 3.57. The first-order chi connectivity index (χ1) is 9.01. The van der Waals surface area contributed by atoms with Crippen molar-refractivity contribution >= 4 is 11.6 Å². The summed E-state index contributed by atoms with van der Waals surface area (Å²) in [4.78, 5) is 14.1. The van der Waals surface area contributed by atoms with E-state index in [-0.39, 0.29) is 11.8 Å². The Balaban J connectivity index is 2.81. The summed E-state index contributed by atoms with van der Waals surface area (Å²) in [6.45, 7) is 7.12. The summed E-state index contributed by atoms with van der Waals surface area (Å²) in [5.41, 5.74) is 2.26. The predicted molar refractivity (Wildman–Crippen MR) is 81.6 cm³/mol. The lowest BCUT2D eigenvalue weighted by Gasteiger charge is -2.23. The summed E-state index contributed by atoms with van der Waals surface area (Å²) in [5.74, 6) is 0.733. The van der Waals surface area contributed by atoms with Gasteiger partial charge in [0.25, 0.3) is 0 Å². The molecular weight excluding hydrogens is 236 g/mol. The molecule has 0 aliphatic rings.